The molecule has 0 unspecified atom stereocenters. The van der Waals surface area contributed by atoms with Crippen molar-refractivity contribution in [3.05, 3.63) is 75.7 Å². The molecule has 2 N–H and O–H groups in total. The van der Waals surface area contributed by atoms with Crippen LogP contribution in [0.5, 0.6) is 5.75 Å². The van der Waals surface area contributed by atoms with Crippen molar-refractivity contribution in [1.29, 1.82) is 0 Å². The summed E-state index contributed by atoms with van der Waals surface area (Å²) in [5.41, 5.74) is 0.239. The van der Waals surface area contributed by atoms with Crippen LogP contribution in [0.2, 0.25) is 5.02 Å². The molecule has 0 atom stereocenters. The van der Waals surface area contributed by atoms with Crippen molar-refractivity contribution in [2.45, 2.75) is 21.4 Å². The van der Waals surface area contributed by atoms with Crippen LogP contribution in [0.3, 0.4) is 0 Å². The number of hydrogen-bond donors (Lipinski definition) is 2. The molecule has 0 bridgehead atoms. The molecule has 1 amide bonds. The maximum atomic E-state index is 12.7. The Morgan fingerprint density at radius 1 is 1.16 bits per heavy atom. The first-order valence-electron chi connectivity index (χ1n) is 9.42. The van der Waals surface area contributed by atoms with Gasteiger partial charge in [-0.2, -0.15) is 0 Å². The van der Waals surface area contributed by atoms with Crippen LogP contribution in [0.1, 0.15) is 5.56 Å². The second kappa shape index (κ2) is 10.7. The highest BCUT2D eigenvalue weighted by Gasteiger charge is 2.22. The Hall–Kier alpha value is -2.82. The highest BCUT2D eigenvalue weighted by Crippen LogP contribution is 2.21. The van der Waals surface area contributed by atoms with E-state index in [0.29, 0.717) is 23.7 Å². The summed E-state index contributed by atoms with van der Waals surface area (Å²) in [4.78, 5) is 30.3. The number of thioether (sulfide) groups is 1. The number of nitrogens with zero attached hydrogens (tertiary/aromatic N) is 1. The SMILES string of the molecule is COc1ccc(S(=O)(=O)c2cnc(SCC(=O)NCCc3ccc(Cl)cc3)[nH]c2=O)cc1. The lowest BCUT2D eigenvalue weighted by molar-refractivity contribution is -0.118. The van der Waals surface area contributed by atoms with Gasteiger partial charge in [0.15, 0.2) is 10.1 Å². The third-order valence-corrected chi connectivity index (χ3v) is 7.29. The van der Waals surface area contributed by atoms with Crippen molar-refractivity contribution in [3.8, 4) is 5.75 Å². The molecule has 0 aliphatic carbocycles. The standard InChI is InChI=1S/C21H20ClN3O5S2/c1-30-16-6-8-17(9-7-16)32(28,29)18-12-24-21(25-20(18)27)31-13-19(26)23-11-10-14-2-4-15(22)5-3-14/h2-9,12H,10-11,13H2,1H3,(H,23,26)(H,24,25,27). The Labute approximate surface area is 194 Å². The number of rotatable bonds is 9. The van der Waals surface area contributed by atoms with Gasteiger partial charge in [0.05, 0.1) is 24.0 Å². The minimum absolute atomic E-state index is 0.0220. The summed E-state index contributed by atoms with van der Waals surface area (Å²) >= 11 is 6.85. The van der Waals surface area contributed by atoms with Gasteiger partial charge in [-0.3, -0.25) is 9.59 Å². The molecule has 1 heterocycles. The number of hydrogen-bond acceptors (Lipinski definition) is 7. The number of aromatic nitrogens is 2. The molecule has 168 valence electrons. The van der Waals surface area contributed by atoms with Gasteiger partial charge in [0, 0.05) is 11.6 Å². The monoisotopic (exact) mass is 493 g/mol. The summed E-state index contributed by atoms with van der Waals surface area (Å²) in [6.45, 7) is 0.448. The van der Waals surface area contributed by atoms with Crippen LogP contribution in [0, 0.1) is 0 Å². The van der Waals surface area contributed by atoms with Crippen LogP contribution in [0.15, 0.2) is 74.5 Å². The van der Waals surface area contributed by atoms with Gasteiger partial charge < -0.3 is 15.0 Å². The maximum absolute atomic E-state index is 12.7. The van der Waals surface area contributed by atoms with E-state index in [1.54, 1.807) is 12.1 Å². The molecular weight excluding hydrogens is 474 g/mol. The molecule has 2 aromatic carbocycles. The number of methoxy groups -OCH3 is 1. The maximum Gasteiger partial charge on any atom is 0.270 e. The summed E-state index contributed by atoms with van der Waals surface area (Å²) in [6.07, 6.45) is 1.65. The number of aromatic amines is 1. The van der Waals surface area contributed by atoms with Gasteiger partial charge in [-0.15, -0.1) is 0 Å². The van der Waals surface area contributed by atoms with Gasteiger partial charge >= 0.3 is 0 Å². The Balaban J connectivity index is 1.57. The molecule has 0 radical (unpaired) electrons. The van der Waals surface area contributed by atoms with Crippen LogP contribution in [-0.4, -0.2) is 43.7 Å². The lowest BCUT2D eigenvalue weighted by Crippen LogP contribution is -2.27. The number of carbonyl (C=O) groups excluding carboxylic acids is 1. The second-order valence-electron chi connectivity index (χ2n) is 6.58. The van der Waals surface area contributed by atoms with E-state index in [1.165, 1.54) is 31.4 Å². The van der Waals surface area contributed by atoms with Crippen molar-refractivity contribution < 1.29 is 17.9 Å². The zero-order valence-corrected chi connectivity index (χ0v) is 19.4. The number of halogens is 1. The first kappa shape index (κ1) is 23.8. The fourth-order valence-electron chi connectivity index (χ4n) is 2.70. The predicted molar refractivity (Wildman–Crippen MR) is 122 cm³/mol. The minimum Gasteiger partial charge on any atom is -0.497 e. The predicted octanol–water partition coefficient (Wildman–Crippen LogP) is 2.72. The van der Waals surface area contributed by atoms with Gasteiger partial charge in [-0.05, 0) is 48.4 Å². The largest absolute Gasteiger partial charge is 0.497 e. The number of nitrogens with one attached hydrogen (secondary N) is 2. The molecule has 8 nitrogen and oxygen atoms in total. The van der Waals surface area contributed by atoms with Crippen LogP contribution in [0.25, 0.3) is 0 Å². The van der Waals surface area contributed by atoms with Crippen molar-refractivity contribution in [2.75, 3.05) is 19.4 Å². The summed E-state index contributed by atoms with van der Waals surface area (Å²) in [7, 11) is -2.58. The van der Waals surface area contributed by atoms with Gasteiger partial charge in [0.1, 0.15) is 5.75 Å². The fraction of sp³-hybridized carbons (Fsp3) is 0.190. The number of sulfone groups is 1. The van der Waals surface area contributed by atoms with Crippen molar-refractivity contribution >= 4 is 39.1 Å². The topological polar surface area (TPSA) is 118 Å². The zero-order valence-electron chi connectivity index (χ0n) is 17.0. The highest BCUT2D eigenvalue weighted by molar-refractivity contribution is 7.99. The Bertz CT molecular complexity index is 1240. The number of H-pyrrole nitrogens is 1. The van der Waals surface area contributed by atoms with Gasteiger partial charge in [0.25, 0.3) is 5.56 Å². The van der Waals surface area contributed by atoms with E-state index in [-0.39, 0.29) is 21.7 Å². The van der Waals surface area contributed by atoms with E-state index < -0.39 is 20.3 Å². The Kier molecular flexibility index (Phi) is 7.94. The average Bonchev–Trinajstić information content (AvgIpc) is 2.79. The molecule has 0 saturated heterocycles. The molecule has 3 aromatic rings. The summed E-state index contributed by atoms with van der Waals surface area (Å²) in [5.74, 6) is 0.282. The first-order valence-corrected chi connectivity index (χ1v) is 12.3. The van der Waals surface area contributed by atoms with E-state index in [2.05, 4.69) is 15.3 Å². The van der Waals surface area contributed by atoms with Gasteiger partial charge in [0.2, 0.25) is 15.7 Å². The number of ether oxygens (including phenoxy) is 1. The summed E-state index contributed by atoms with van der Waals surface area (Å²) < 4.78 is 30.4. The van der Waals surface area contributed by atoms with Crippen LogP contribution < -0.4 is 15.6 Å². The Morgan fingerprint density at radius 2 is 1.84 bits per heavy atom. The van der Waals surface area contributed by atoms with Crippen molar-refractivity contribution in [1.82, 2.24) is 15.3 Å². The molecule has 0 aliphatic heterocycles. The lowest BCUT2D eigenvalue weighted by Gasteiger charge is -2.07. The molecule has 1 aromatic heterocycles. The molecule has 32 heavy (non-hydrogen) atoms. The Morgan fingerprint density at radius 3 is 2.47 bits per heavy atom. The van der Waals surface area contributed by atoms with E-state index in [0.717, 1.165) is 23.5 Å². The zero-order chi connectivity index (χ0) is 23.1. The van der Waals surface area contributed by atoms with Crippen molar-refractivity contribution in [3.63, 3.8) is 0 Å². The van der Waals surface area contributed by atoms with E-state index in [1.807, 2.05) is 12.1 Å². The van der Waals surface area contributed by atoms with E-state index >= 15 is 0 Å². The summed E-state index contributed by atoms with van der Waals surface area (Å²) in [5, 5.41) is 3.58. The molecule has 3 rings (SSSR count). The molecule has 0 spiro atoms. The minimum atomic E-state index is -4.04. The third kappa shape index (κ3) is 6.12. The first-order chi connectivity index (χ1) is 15.3. The number of benzene rings is 2. The molecule has 0 fully saturated rings. The van der Waals surface area contributed by atoms with Crippen molar-refractivity contribution in [2.24, 2.45) is 0 Å². The highest BCUT2D eigenvalue weighted by atomic mass is 35.5. The molecular formula is C21H20ClN3O5S2. The van der Waals surface area contributed by atoms with Crippen LogP contribution in [0.4, 0.5) is 0 Å². The average molecular weight is 494 g/mol. The van der Waals surface area contributed by atoms with Crippen LogP contribution >= 0.6 is 23.4 Å². The molecule has 0 aliphatic rings. The third-order valence-electron chi connectivity index (χ3n) is 4.39. The van der Waals surface area contributed by atoms with Crippen LogP contribution in [-0.2, 0) is 21.1 Å². The quantitative estimate of drug-likeness (QED) is 0.347. The van der Waals surface area contributed by atoms with E-state index in [9.17, 15) is 18.0 Å². The normalized spacial score (nSPS) is 11.2. The second-order valence-corrected chi connectivity index (χ2v) is 9.89. The smallest absolute Gasteiger partial charge is 0.270 e. The molecule has 11 heteroatoms. The van der Waals surface area contributed by atoms with Gasteiger partial charge in [-0.25, -0.2) is 13.4 Å². The summed E-state index contributed by atoms with van der Waals surface area (Å²) in [6, 6.07) is 13.0. The fourth-order valence-corrected chi connectivity index (χ4v) is 4.72. The number of amides is 1. The van der Waals surface area contributed by atoms with E-state index in [4.69, 9.17) is 16.3 Å². The van der Waals surface area contributed by atoms with Gasteiger partial charge in [-0.1, -0.05) is 35.5 Å². The molecule has 0 saturated carbocycles. The lowest BCUT2D eigenvalue weighted by atomic mass is 10.1. The number of carbonyl (C=O) groups is 1.